The van der Waals surface area contributed by atoms with E-state index < -0.39 is 6.10 Å². The van der Waals surface area contributed by atoms with Crippen molar-refractivity contribution in [3.63, 3.8) is 0 Å². The highest BCUT2D eigenvalue weighted by atomic mass is 16.4. The van der Waals surface area contributed by atoms with E-state index >= 15 is 0 Å². The summed E-state index contributed by atoms with van der Waals surface area (Å²) in [4.78, 5) is 18.7. The highest BCUT2D eigenvalue weighted by molar-refractivity contribution is 5.76. The van der Waals surface area contributed by atoms with Gasteiger partial charge in [0.25, 0.3) is 0 Å². The average molecular weight is 331 g/mol. The van der Waals surface area contributed by atoms with Gasteiger partial charge in [-0.2, -0.15) is 0 Å². The maximum atomic E-state index is 12.7. The average Bonchev–Trinajstić information content (AvgIpc) is 3.24. The fraction of sp³-hybridized carbons (Fsp3) is 0.556. The van der Waals surface area contributed by atoms with Crippen LogP contribution in [0, 0.1) is 0 Å². The lowest BCUT2D eigenvalue weighted by Crippen LogP contribution is -2.41. The molecule has 1 N–H and O–H groups in total. The Morgan fingerprint density at radius 2 is 2.33 bits per heavy atom. The fourth-order valence-electron chi connectivity index (χ4n) is 3.39. The van der Waals surface area contributed by atoms with E-state index in [1.807, 2.05) is 15.7 Å². The largest absolute Gasteiger partial charge is 0.467 e. The SMILES string of the molecule is O=C(CCn1ccnc1)N1CCCCC[C@@H]1C[C@H](O)c1ccco1. The number of carbonyl (C=O) groups excluding carboxylic acids is 1. The van der Waals surface area contributed by atoms with E-state index in [9.17, 15) is 9.90 Å². The molecule has 1 fully saturated rings. The third-order valence-electron chi connectivity index (χ3n) is 4.71. The first-order valence-corrected chi connectivity index (χ1v) is 8.70. The number of amides is 1. The number of carbonyl (C=O) groups is 1. The Morgan fingerprint density at radius 3 is 3.08 bits per heavy atom. The predicted molar refractivity (Wildman–Crippen MR) is 89.1 cm³/mol. The van der Waals surface area contributed by atoms with Crippen LogP contribution in [-0.4, -0.2) is 38.1 Å². The van der Waals surface area contributed by atoms with Crippen LogP contribution in [0.4, 0.5) is 0 Å². The third-order valence-corrected chi connectivity index (χ3v) is 4.71. The maximum Gasteiger partial charge on any atom is 0.224 e. The number of aromatic nitrogens is 2. The van der Waals surface area contributed by atoms with Crippen molar-refractivity contribution in [3.05, 3.63) is 42.9 Å². The first kappa shape index (κ1) is 16.8. The van der Waals surface area contributed by atoms with Gasteiger partial charge >= 0.3 is 0 Å². The summed E-state index contributed by atoms with van der Waals surface area (Å²) in [6, 6.07) is 3.63. The first-order valence-electron chi connectivity index (χ1n) is 8.70. The lowest BCUT2D eigenvalue weighted by molar-refractivity contribution is -0.134. The highest BCUT2D eigenvalue weighted by Crippen LogP contribution is 2.27. The van der Waals surface area contributed by atoms with E-state index in [-0.39, 0.29) is 11.9 Å². The van der Waals surface area contributed by atoms with Crippen molar-refractivity contribution in [2.24, 2.45) is 0 Å². The third kappa shape index (κ3) is 4.26. The van der Waals surface area contributed by atoms with Crippen LogP contribution in [0.1, 0.15) is 50.4 Å². The van der Waals surface area contributed by atoms with Gasteiger partial charge in [0.15, 0.2) is 0 Å². The summed E-state index contributed by atoms with van der Waals surface area (Å²) in [5.41, 5.74) is 0. The predicted octanol–water partition coefficient (Wildman–Crippen LogP) is 2.76. The normalized spacial score (nSPS) is 19.9. The summed E-state index contributed by atoms with van der Waals surface area (Å²) in [6.45, 7) is 1.42. The molecule has 0 saturated carbocycles. The lowest BCUT2D eigenvalue weighted by atomic mass is 10.0. The summed E-state index contributed by atoms with van der Waals surface area (Å²) in [7, 11) is 0. The van der Waals surface area contributed by atoms with E-state index in [1.54, 1.807) is 30.9 Å². The van der Waals surface area contributed by atoms with Crippen LogP contribution in [0.15, 0.2) is 41.5 Å². The zero-order chi connectivity index (χ0) is 16.8. The van der Waals surface area contributed by atoms with Crippen molar-refractivity contribution >= 4 is 5.91 Å². The van der Waals surface area contributed by atoms with Gasteiger partial charge in [0.2, 0.25) is 5.91 Å². The number of aryl methyl sites for hydroxylation is 1. The summed E-state index contributed by atoms with van der Waals surface area (Å²) < 4.78 is 7.22. The topological polar surface area (TPSA) is 71.5 Å². The summed E-state index contributed by atoms with van der Waals surface area (Å²) in [5.74, 6) is 0.729. The molecule has 6 heteroatoms. The lowest BCUT2D eigenvalue weighted by Gasteiger charge is -2.31. The van der Waals surface area contributed by atoms with Gasteiger partial charge in [0, 0.05) is 44.4 Å². The van der Waals surface area contributed by atoms with Gasteiger partial charge in [-0.15, -0.1) is 0 Å². The Labute approximate surface area is 142 Å². The molecule has 0 aromatic carbocycles. The van der Waals surface area contributed by atoms with Crippen molar-refractivity contribution in [2.45, 2.75) is 57.2 Å². The molecule has 3 heterocycles. The quantitative estimate of drug-likeness (QED) is 0.883. The molecule has 0 spiro atoms. The van der Waals surface area contributed by atoms with Crippen LogP contribution in [0.2, 0.25) is 0 Å². The van der Waals surface area contributed by atoms with E-state index in [2.05, 4.69) is 4.98 Å². The van der Waals surface area contributed by atoms with Crippen LogP contribution in [0.5, 0.6) is 0 Å². The number of nitrogens with zero attached hydrogens (tertiary/aromatic N) is 3. The number of aliphatic hydroxyl groups is 1. The molecule has 2 aromatic rings. The van der Waals surface area contributed by atoms with Gasteiger partial charge in [0.05, 0.1) is 12.6 Å². The van der Waals surface area contributed by atoms with E-state index in [4.69, 9.17) is 4.42 Å². The molecule has 1 aliphatic rings. The minimum absolute atomic E-state index is 0.0721. The number of hydrogen-bond acceptors (Lipinski definition) is 4. The van der Waals surface area contributed by atoms with Crippen molar-refractivity contribution in [3.8, 4) is 0 Å². The second kappa shape index (κ2) is 8.15. The second-order valence-electron chi connectivity index (χ2n) is 6.41. The summed E-state index contributed by atoms with van der Waals surface area (Å²) in [5, 5.41) is 10.4. The molecule has 24 heavy (non-hydrogen) atoms. The van der Waals surface area contributed by atoms with Crippen LogP contribution >= 0.6 is 0 Å². The van der Waals surface area contributed by atoms with Crippen molar-refractivity contribution in [1.29, 1.82) is 0 Å². The number of hydrogen-bond donors (Lipinski definition) is 1. The van der Waals surface area contributed by atoms with Crippen molar-refractivity contribution in [1.82, 2.24) is 14.5 Å². The maximum absolute atomic E-state index is 12.7. The molecule has 0 aliphatic carbocycles. The Morgan fingerprint density at radius 1 is 1.42 bits per heavy atom. The molecule has 1 amide bonds. The van der Waals surface area contributed by atoms with E-state index in [0.29, 0.717) is 25.1 Å². The van der Waals surface area contributed by atoms with Gasteiger partial charge in [0.1, 0.15) is 11.9 Å². The van der Waals surface area contributed by atoms with Crippen LogP contribution < -0.4 is 0 Å². The Hall–Kier alpha value is -2.08. The Bertz CT molecular complexity index is 610. The molecule has 6 nitrogen and oxygen atoms in total. The van der Waals surface area contributed by atoms with Gasteiger partial charge in [-0.1, -0.05) is 12.8 Å². The van der Waals surface area contributed by atoms with Crippen LogP contribution in [0.25, 0.3) is 0 Å². The zero-order valence-corrected chi connectivity index (χ0v) is 13.9. The molecule has 130 valence electrons. The van der Waals surface area contributed by atoms with Gasteiger partial charge in [-0.05, 0) is 25.0 Å². The minimum atomic E-state index is -0.660. The molecule has 3 rings (SSSR count). The molecule has 0 bridgehead atoms. The van der Waals surface area contributed by atoms with Gasteiger partial charge < -0.3 is 19.0 Å². The molecule has 1 aliphatic heterocycles. The molecule has 0 unspecified atom stereocenters. The standard InChI is InChI=1S/C18H25N3O3/c22-16(17-6-4-12-24-17)13-15-5-2-1-3-9-21(15)18(23)7-10-20-11-8-19-14-20/h4,6,8,11-12,14-16,22H,1-3,5,7,9-10,13H2/t15-,16+/m1/s1. The number of furan rings is 1. The van der Waals surface area contributed by atoms with Gasteiger partial charge in [-0.3, -0.25) is 4.79 Å². The van der Waals surface area contributed by atoms with Crippen molar-refractivity contribution in [2.75, 3.05) is 6.54 Å². The molecule has 2 atom stereocenters. The summed E-state index contributed by atoms with van der Waals surface area (Å²) in [6.07, 6.45) is 11.4. The number of likely N-dealkylation sites (tertiary alicyclic amines) is 1. The van der Waals surface area contributed by atoms with E-state index in [1.165, 1.54) is 0 Å². The number of aliphatic hydroxyl groups excluding tert-OH is 1. The number of imidazole rings is 1. The van der Waals surface area contributed by atoms with Crippen molar-refractivity contribution < 1.29 is 14.3 Å². The minimum Gasteiger partial charge on any atom is -0.467 e. The molecule has 0 radical (unpaired) electrons. The Kier molecular flexibility index (Phi) is 5.69. The molecule has 1 saturated heterocycles. The Balaban J connectivity index is 1.61. The molecular formula is C18H25N3O3. The van der Waals surface area contributed by atoms with Crippen LogP contribution in [0.3, 0.4) is 0 Å². The first-order chi connectivity index (χ1) is 11.7. The number of rotatable bonds is 6. The highest BCUT2D eigenvalue weighted by Gasteiger charge is 2.28. The van der Waals surface area contributed by atoms with Gasteiger partial charge in [-0.25, -0.2) is 4.98 Å². The smallest absolute Gasteiger partial charge is 0.224 e. The van der Waals surface area contributed by atoms with Crippen LogP contribution in [-0.2, 0) is 11.3 Å². The van der Waals surface area contributed by atoms with E-state index in [0.717, 1.165) is 32.2 Å². The fourth-order valence-corrected chi connectivity index (χ4v) is 3.39. The second-order valence-corrected chi connectivity index (χ2v) is 6.41. The monoisotopic (exact) mass is 331 g/mol. The summed E-state index contributed by atoms with van der Waals surface area (Å²) >= 11 is 0. The zero-order valence-electron chi connectivity index (χ0n) is 13.9. The molecular weight excluding hydrogens is 306 g/mol. The molecule has 2 aromatic heterocycles.